The third-order valence-electron chi connectivity index (χ3n) is 3.60. The number of carbonyl (C=O) groups excluding carboxylic acids is 1. The first-order chi connectivity index (χ1) is 8.50. The van der Waals surface area contributed by atoms with Gasteiger partial charge in [0.05, 0.1) is 5.69 Å². The largest absolute Gasteiger partial charge is 0.360 e. The molecular formula is C15H14FNO. The number of halogens is 1. The van der Waals surface area contributed by atoms with Crippen LogP contribution in [0.1, 0.15) is 36.2 Å². The standard InChI is InChI=1S/C15H14FNO/c1-15(2)7-12(18)10-8-17-14(13(10)15)9-5-3-4-6-11(9)16/h3-6,8,17H,7H2,1-2H3. The summed E-state index contributed by atoms with van der Waals surface area (Å²) >= 11 is 0. The second-order valence-corrected chi connectivity index (χ2v) is 5.42. The molecule has 0 atom stereocenters. The third-order valence-corrected chi connectivity index (χ3v) is 3.60. The van der Waals surface area contributed by atoms with Crippen molar-refractivity contribution in [2.45, 2.75) is 25.7 Å². The highest BCUT2D eigenvalue weighted by Crippen LogP contribution is 2.44. The molecule has 92 valence electrons. The Kier molecular flexibility index (Phi) is 2.21. The summed E-state index contributed by atoms with van der Waals surface area (Å²) in [5.74, 6) is -0.133. The molecule has 0 fully saturated rings. The second-order valence-electron chi connectivity index (χ2n) is 5.42. The number of aromatic amines is 1. The molecule has 2 nitrogen and oxygen atoms in total. The number of hydrogen-bond donors (Lipinski definition) is 1. The van der Waals surface area contributed by atoms with Crippen LogP contribution in [0.25, 0.3) is 11.3 Å². The first-order valence-electron chi connectivity index (χ1n) is 6.00. The summed E-state index contributed by atoms with van der Waals surface area (Å²) in [5, 5.41) is 0. The Balaban J connectivity index is 2.26. The van der Waals surface area contributed by atoms with Crippen molar-refractivity contribution < 1.29 is 9.18 Å². The summed E-state index contributed by atoms with van der Waals surface area (Å²) in [5.41, 5.74) is 2.68. The highest BCUT2D eigenvalue weighted by molar-refractivity contribution is 6.04. The van der Waals surface area contributed by atoms with Gasteiger partial charge in [-0.05, 0) is 23.1 Å². The number of fused-ring (bicyclic) bond motifs is 1. The van der Waals surface area contributed by atoms with Crippen molar-refractivity contribution in [3.63, 3.8) is 0 Å². The Morgan fingerprint density at radius 1 is 1.22 bits per heavy atom. The van der Waals surface area contributed by atoms with Gasteiger partial charge in [0.1, 0.15) is 5.82 Å². The molecule has 2 aromatic rings. The lowest BCUT2D eigenvalue weighted by Gasteiger charge is -2.19. The lowest BCUT2D eigenvalue weighted by molar-refractivity contribution is 0.0979. The predicted octanol–water partition coefficient (Wildman–Crippen LogP) is 3.68. The molecule has 1 aliphatic carbocycles. The number of benzene rings is 1. The van der Waals surface area contributed by atoms with Crippen LogP contribution in [-0.2, 0) is 5.41 Å². The van der Waals surface area contributed by atoms with Crippen LogP contribution >= 0.6 is 0 Å². The third kappa shape index (κ3) is 1.43. The first-order valence-corrected chi connectivity index (χ1v) is 6.00. The van der Waals surface area contributed by atoms with Crippen LogP contribution in [0, 0.1) is 5.82 Å². The molecule has 0 spiro atoms. The summed E-state index contributed by atoms with van der Waals surface area (Å²) in [6.45, 7) is 4.05. The monoisotopic (exact) mass is 243 g/mol. The second kappa shape index (κ2) is 3.55. The van der Waals surface area contributed by atoms with Gasteiger partial charge in [-0.25, -0.2) is 4.39 Å². The molecule has 1 aromatic carbocycles. The number of Topliss-reactive ketones (excluding diaryl/α,β-unsaturated/α-hetero) is 1. The fourth-order valence-corrected chi connectivity index (χ4v) is 2.81. The minimum Gasteiger partial charge on any atom is -0.360 e. The van der Waals surface area contributed by atoms with Crippen LogP contribution in [0.3, 0.4) is 0 Å². The average Bonchev–Trinajstić information content (AvgIpc) is 2.82. The highest BCUT2D eigenvalue weighted by Gasteiger charge is 2.39. The maximum absolute atomic E-state index is 13.9. The van der Waals surface area contributed by atoms with Gasteiger partial charge in [0.15, 0.2) is 5.78 Å². The minimum atomic E-state index is -0.266. The van der Waals surface area contributed by atoms with Crippen LogP contribution in [0.15, 0.2) is 30.5 Å². The van der Waals surface area contributed by atoms with Crippen molar-refractivity contribution in [3.8, 4) is 11.3 Å². The molecule has 0 unspecified atom stereocenters. The molecule has 1 aromatic heterocycles. The van der Waals surface area contributed by atoms with Crippen molar-refractivity contribution in [3.05, 3.63) is 47.4 Å². The SMILES string of the molecule is CC1(C)CC(=O)c2c[nH]c(-c3ccccc3F)c21. The molecule has 0 aliphatic heterocycles. The number of hydrogen-bond acceptors (Lipinski definition) is 1. The quantitative estimate of drug-likeness (QED) is 0.814. The zero-order chi connectivity index (χ0) is 12.9. The highest BCUT2D eigenvalue weighted by atomic mass is 19.1. The summed E-state index contributed by atoms with van der Waals surface area (Å²) in [7, 11) is 0. The molecule has 3 heteroatoms. The Bertz CT molecular complexity index is 640. The van der Waals surface area contributed by atoms with Gasteiger partial charge in [-0.3, -0.25) is 4.79 Å². The normalized spacial score (nSPS) is 16.9. The first kappa shape index (κ1) is 11.2. The van der Waals surface area contributed by atoms with Crippen molar-refractivity contribution in [2.75, 3.05) is 0 Å². The van der Waals surface area contributed by atoms with Gasteiger partial charge in [-0.15, -0.1) is 0 Å². The van der Waals surface area contributed by atoms with Gasteiger partial charge in [0.2, 0.25) is 0 Å². The Hall–Kier alpha value is -1.90. The molecule has 0 saturated carbocycles. The molecule has 3 rings (SSSR count). The van der Waals surface area contributed by atoms with E-state index in [1.54, 1.807) is 24.4 Å². The van der Waals surface area contributed by atoms with E-state index in [-0.39, 0.29) is 17.0 Å². The van der Waals surface area contributed by atoms with Crippen molar-refractivity contribution >= 4 is 5.78 Å². The van der Waals surface area contributed by atoms with Gasteiger partial charge < -0.3 is 4.98 Å². The number of rotatable bonds is 1. The number of H-pyrrole nitrogens is 1. The zero-order valence-electron chi connectivity index (χ0n) is 10.4. The molecule has 18 heavy (non-hydrogen) atoms. The van der Waals surface area contributed by atoms with Crippen LogP contribution in [-0.4, -0.2) is 10.8 Å². The topological polar surface area (TPSA) is 32.9 Å². The zero-order valence-corrected chi connectivity index (χ0v) is 10.4. The fourth-order valence-electron chi connectivity index (χ4n) is 2.81. The van der Waals surface area contributed by atoms with Crippen LogP contribution in [0.2, 0.25) is 0 Å². The van der Waals surface area contributed by atoms with Crippen molar-refractivity contribution in [2.24, 2.45) is 0 Å². The van der Waals surface area contributed by atoms with E-state index in [0.717, 1.165) is 11.3 Å². The van der Waals surface area contributed by atoms with Gasteiger partial charge in [0, 0.05) is 23.7 Å². The number of aromatic nitrogens is 1. The number of carbonyl (C=O) groups is 1. The Morgan fingerprint density at radius 2 is 1.94 bits per heavy atom. The molecular weight excluding hydrogens is 229 g/mol. The molecule has 0 saturated heterocycles. The van der Waals surface area contributed by atoms with Crippen molar-refractivity contribution in [1.29, 1.82) is 0 Å². The van der Waals surface area contributed by atoms with Crippen LogP contribution in [0.5, 0.6) is 0 Å². The maximum atomic E-state index is 13.9. The van der Waals surface area contributed by atoms with E-state index >= 15 is 0 Å². The number of nitrogens with one attached hydrogen (secondary N) is 1. The summed E-state index contributed by atoms with van der Waals surface area (Å²) < 4.78 is 13.9. The maximum Gasteiger partial charge on any atom is 0.165 e. The molecule has 1 aliphatic rings. The predicted molar refractivity (Wildman–Crippen MR) is 68.2 cm³/mol. The summed E-state index contributed by atoms with van der Waals surface area (Å²) in [4.78, 5) is 15.0. The van der Waals surface area contributed by atoms with E-state index < -0.39 is 0 Å². The molecule has 0 amide bonds. The van der Waals surface area contributed by atoms with E-state index in [2.05, 4.69) is 4.98 Å². The summed E-state index contributed by atoms with van der Waals surface area (Å²) in [6, 6.07) is 6.64. The van der Waals surface area contributed by atoms with Gasteiger partial charge in [-0.2, -0.15) is 0 Å². The minimum absolute atomic E-state index is 0.133. The van der Waals surface area contributed by atoms with E-state index in [1.165, 1.54) is 6.07 Å². The molecule has 0 radical (unpaired) electrons. The van der Waals surface area contributed by atoms with E-state index in [4.69, 9.17) is 0 Å². The molecule has 1 heterocycles. The lowest BCUT2D eigenvalue weighted by atomic mass is 9.85. The van der Waals surface area contributed by atoms with Crippen molar-refractivity contribution in [1.82, 2.24) is 4.98 Å². The summed E-state index contributed by atoms with van der Waals surface area (Å²) in [6.07, 6.45) is 2.20. The van der Waals surface area contributed by atoms with Gasteiger partial charge in [-0.1, -0.05) is 26.0 Å². The molecule has 0 bridgehead atoms. The van der Waals surface area contributed by atoms with Gasteiger partial charge in [0.25, 0.3) is 0 Å². The fraction of sp³-hybridized carbons (Fsp3) is 0.267. The van der Waals surface area contributed by atoms with Gasteiger partial charge >= 0.3 is 0 Å². The van der Waals surface area contributed by atoms with Crippen LogP contribution in [0.4, 0.5) is 4.39 Å². The number of ketones is 1. The Morgan fingerprint density at radius 3 is 2.67 bits per heavy atom. The average molecular weight is 243 g/mol. The van der Waals surface area contributed by atoms with Crippen LogP contribution < -0.4 is 0 Å². The Labute approximate surface area is 105 Å². The van der Waals surface area contributed by atoms with E-state index in [0.29, 0.717) is 17.5 Å². The van der Waals surface area contributed by atoms with E-state index in [9.17, 15) is 9.18 Å². The van der Waals surface area contributed by atoms with E-state index in [1.807, 2.05) is 13.8 Å². The smallest absolute Gasteiger partial charge is 0.165 e. The lowest BCUT2D eigenvalue weighted by Crippen LogP contribution is -2.14. The molecule has 1 N–H and O–H groups in total.